The first kappa shape index (κ1) is 17.4. The molecular weight excluding hydrogens is 314 g/mol. The summed E-state index contributed by atoms with van der Waals surface area (Å²) in [5.41, 5.74) is 8.97. The first-order valence-corrected chi connectivity index (χ1v) is 7.38. The highest BCUT2D eigenvalue weighted by atomic mass is 16.5. The zero-order valence-electron chi connectivity index (χ0n) is 13.1. The standard InChI is InChI=1S/C16H17N3O5/c1-23-15(21)13(19-17)14(20)11-7-8-12(11)18-16(22)24-9-10-5-3-2-4-6-10/h2-6,11-12H,7-9H2,1H3,(H,18,22). The summed E-state index contributed by atoms with van der Waals surface area (Å²) < 4.78 is 9.47. The summed E-state index contributed by atoms with van der Waals surface area (Å²) in [6.45, 7) is 0.115. The number of rotatable bonds is 6. The third kappa shape index (κ3) is 4.05. The second-order valence-electron chi connectivity index (χ2n) is 5.30. The van der Waals surface area contributed by atoms with E-state index in [0.717, 1.165) is 12.7 Å². The van der Waals surface area contributed by atoms with Crippen molar-refractivity contribution < 1.29 is 28.6 Å². The predicted molar refractivity (Wildman–Crippen MR) is 81.9 cm³/mol. The molecule has 0 aromatic heterocycles. The van der Waals surface area contributed by atoms with Crippen molar-refractivity contribution in [2.24, 2.45) is 5.92 Å². The summed E-state index contributed by atoms with van der Waals surface area (Å²) in [5.74, 6) is -2.32. The molecule has 2 rings (SSSR count). The number of alkyl carbamates (subject to hydrolysis) is 1. The van der Waals surface area contributed by atoms with Crippen LogP contribution in [-0.2, 0) is 25.7 Å². The van der Waals surface area contributed by atoms with E-state index in [1.165, 1.54) is 0 Å². The fraction of sp³-hybridized carbons (Fsp3) is 0.375. The van der Waals surface area contributed by atoms with E-state index in [9.17, 15) is 14.4 Å². The van der Waals surface area contributed by atoms with Gasteiger partial charge in [0, 0.05) is 6.04 Å². The molecule has 1 saturated carbocycles. The van der Waals surface area contributed by atoms with Crippen LogP contribution in [0.1, 0.15) is 18.4 Å². The first-order chi connectivity index (χ1) is 11.6. The predicted octanol–water partition coefficient (Wildman–Crippen LogP) is 1.10. The fourth-order valence-corrected chi connectivity index (χ4v) is 2.37. The number of carbonyl (C=O) groups excluding carboxylic acids is 3. The van der Waals surface area contributed by atoms with Crippen LogP contribution in [0.5, 0.6) is 0 Å². The number of ketones is 1. The van der Waals surface area contributed by atoms with Gasteiger partial charge in [0.25, 0.3) is 5.78 Å². The van der Waals surface area contributed by atoms with Crippen LogP contribution < -0.4 is 5.32 Å². The Morgan fingerprint density at radius 2 is 1.96 bits per heavy atom. The van der Waals surface area contributed by atoms with Gasteiger partial charge < -0.3 is 20.3 Å². The molecule has 8 nitrogen and oxygen atoms in total. The highest BCUT2D eigenvalue weighted by Gasteiger charge is 2.45. The maximum Gasteiger partial charge on any atom is 0.441 e. The van der Waals surface area contributed by atoms with Crippen LogP contribution in [0.4, 0.5) is 4.79 Å². The van der Waals surface area contributed by atoms with Gasteiger partial charge in [0.05, 0.1) is 13.0 Å². The lowest BCUT2D eigenvalue weighted by Crippen LogP contribution is -2.52. The Hall–Kier alpha value is -2.99. The van der Waals surface area contributed by atoms with Gasteiger partial charge in [0.2, 0.25) is 0 Å². The smallest absolute Gasteiger partial charge is 0.441 e. The zero-order chi connectivity index (χ0) is 17.5. The zero-order valence-corrected chi connectivity index (χ0v) is 13.1. The van der Waals surface area contributed by atoms with E-state index in [0.29, 0.717) is 12.8 Å². The number of hydrogen-bond donors (Lipinski definition) is 1. The number of nitrogens with one attached hydrogen (secondary N) is 1. The van der Waals surface area contributed by atoms with Gasteiger partial charge in [-0.3, -0.25) is 4.79 Å². The fourth-order valence-electron chi connectivity index (χ4n) is 2.37. The van der Waals surface area contributed by atoms with Crippen LogP contribution in [0.3, 0.4) is 0 Å². The third-order valence-corrected chi connectivity index (χ3v) is 3.84. The molecule has 0 heterocycles. The second kappa shape index (κ2) is 8.03. The number of amides is 1. The minimum absolute atomic E-state index is 0.115. The monoisotopic (exact) mass is 331 g/mol. The van der Waals surface area contributed by atoms with Gasteiger partial charge in [-0.25, -0.2) is 9.59 Å². The largest absolute Gasteiger partial charge is 0.460 e. The van der Waals surface area contributed by atoms with Crippen LogP contribution in [0.2, 0.25) is 0 Å². The Kier molecular flexibility index (Phi) is 5.81. The maximum absolute atomic E-state index is 12.1. The average molecular weight is 331 g/mol. The Morgan fingerprint density at radius 3 is 2.50 bits per heavy atom. The normalized spacial score (nSPS) is 18.5. The molecule has 0 spiro atoms. The molecule has 0 radical (unpaired) electrons. The summed E-state index contributed by atoms with van der Waals surface area (Å²) in [7, 11) is 1.08. The van der Waals surface area contributed by atoms with Crippen molar-refractivity contribution in [2.45, 2.75) is 25.5 Å². The van der Waals surface area contributed by atoms with E-state index in [1.807, 2.05) is 30.3 Å². The molecule has 1 aromatic rings. The Balaban J connectivity index is 1.87. The van der Waals surface area contributed by atoms with Crippen molar-refractivity contribution in [3.8, 4) is 0 Å². The maximum atomic E-state index is 12.1. The number of nitrogens with zero attached hydrogens (tertiary/aromatic N) is 2. The van der Waals surface area contributed by atoms with Crippen LogP contribution in [0.25, 0.3) is 5.53 Å². The Morgan fingerprint density at radius 1 is 1.25 bits per heavy atom. The minimum atomic E-state index is -1.01. The summed E-state index contributed by atoms with van der Waals surface area (Å²) >= 11 is 0. The van der Waals surface area contributed by atoms with Crippen molar-refractivity contribution in [2.75, 3.05) is 7.11 Å². The number of carbonyl (C=O) groups is 3. The van der Waals surface area contributed by atoms with Crippen molar-refractivity contribution in [3.05, 3.63) is 41.4 Å². The van der Waals surface area contributed by atoms with Crippen molar-refractivity contribution in [1.29, 1.82) is 0 Å². The van der Waals surface area contributed by atoms with Crippen molar-refractivity contribution in [3.63, 3.8) is 0 Å². The van der Waals surface area contributed by atoms with E-state index in [-0.39, 0.29) is 6.61 Å². The number of hydrogen-bond acceptors (Lipinski definition) is 5. The number of methoxy groups -OCH3 is 1. The van der Waals surface area contributed by atoms with Gasteiger partial charge in [-0.15, -0.1) is 0 Å². The molecule has 1 fully saturated rings. The average Bonchev–Trinajstić information content (AvgIpc) is 2.58. The number of Topliss-reactive ketones (excluding diaryl/α,β-unsaturated/α-hetero) is 1. The van der Waals surface area contributed by atoms with Gasteiger partial charge >= 0.3 is 17.8 Å². The number of ether oxygens (including phenoxy) is 2. The summed E-state index contributed by atoms with van der Waals surface area (Å²) in [4.78, 5) is 38.0. The highest BCUT2D eigenvalue weighted by molar-refractivity contribution is 6.62. The molecule has 126 valence electrons. The molecule has 2 atom stereocenters. The molecule has 1 aromatic carbocycles. The molecule has 0 bridgehead atoms. The Labute approximate surface area is 138 Å². The van der Waals surface area contributed by atoms with Gasteiger partial charge in [-0.05, 0) is 18.4 Å². The topological polar surface area (TPSA) is 118 Å². The van der Waals surface area contributed by atoms with E-state index in [1.54, 1.807) is 0 Å². The second-order valence-corrected chi connectivity index (χ2v) is 5.30. The molecule has 1 N–H and O–H groups in total. The molecule has 0 aliphatic heterocycles. The Bertz CT molecular complexity index is 682. The third-order valence-electron chi connectivity index (χ3n) is 3.84. The van der Waals surface area contributed by atoms with Crippen LogP contribution in [0.15, 0.2) is 30.3 Å². The highest BCUT2D eigenvalue weighted by Crippen LogP contribution is 2.28. The van der Waals surface area contributed by atoms with Gasteiger partial charge in [-0.2, -0.15) is 4.79 Å². The van der Waals surface area contributed by atoms with Crippen LogP contribution in [0, 0.1) is 5.92 Å². The van der Waals surface area contributed by atoms with Crippen LogP contribution >= 0.6 is 0 Å². The lowest BCUT2D eigenvalue weighted by atomic mass is 9.75. The van der Waals surface area contributed by atoms with E-state index in [4.69, 9.17) is 10.3 Å². The summed E-state index contributed by atoms with van der Waals surface area (Å²) in [6.07, 6.45) is 0.386. The minimum Gasteiger partial charge on any atom is -0.460 e. The lowest BCUT2D eigenvalue weighted by Gasteiger charge is -2.34. The molecule has 2 unspecified atom stereocenters. The molecule has 8 heteroatoms. The number of benzene rings is 1. The van der Waals surface area contributed by atoms with Crippen molar-refractivity contribution in [1.82, 2.24) is 5.32 Å². The van der Waals surface area contributed by atoms with Gasteiger partial charge in [0.15, 0.2) is 0 Å². The first-order valence-electron chi connectivity index (χ1n) is 7.38. The lowest BCUT2D eigenvalue weighted by molar-refractivity contribution is -0.141. The quantitative estimate of drug-likeness (QED) is 0.275. The van der Waals surface area contributed by atoms with E-state index in [2.05, 4.69) is 14.8 Å². The molecule has 1 aliphatic rings. The SMILES string of the molecule is COC(=O)C(=[N+]=[N-])C(=O)C1CCC1NC(=O)OCc1ccccc1. The summed E-state index contributed by atoms with van der Waals surface area (Å²) in [5, 5.41) is 2.58. The summed E-state index contributed by atoms with van der Waals surface area (Å²) in [6, 6.07) is 8.70. The molecular formula is C16H17N3O5. The molecule has 24 heavy (non-hydrogen) atoms. The molecule has 1 aliphatic carbocycles. The van der Waals surface area contributed by atoms with E-state index < -0.39 is 35.5 Å². The number of esters is 1. The van der Waals surface area contributed by atoms with Gasteiger partial charge in [0.1, 0.15) is 6.61 Å². The molecule has 0 saturated heterocycles. The van der Waals surface area contributed by atoms with Crippen LogP contribution in [-0.4, -0.2) is 41.5 Å². The van der Waals surface area contributed by atoms with Gasteiger partial charge in [-0.1, -0.05) is 30.3 Å². The van der Waals surface area contributed by atoms with Crippen molar-refractivity contribution >= 4 is 23.6 Å². The van der Waals surface area contributed by atoms with E-state index >= 15 is 0 Å². The molecule has 1 amide bonds.